The molecule has 0 aliphatic carbocycles. The summed E-state index contributed by atoms with van der Waals surface area (Å²) in [5.74, 6) is -4.11. The Morgan fingerprint density at radius 3 is 2.09 bits per heavy atom. The second-order valence-electron chi connectivity index (χ2n) is 4.84. The van der Waals surface area contributed by atoms with Gasteiger partial charge >= 0.3 is 23.9 Å². The van der Waals surface area contributed by atoms with Gasteiger partial charge in [0, 0.05) is 13.8 Å². The van der Waals surface area contributed by atoms with Gasteiger partial charge in [0.15, 0.2) is 12.2 Å². The molecule has 1 heterocycles. The summed E-state index contributed by atoms with van der Waals surface area (Å²) in [6.07, 6.45) is -3.10. The highest BCUT2D eigenvalue weighted by molar-refractivity contribution is 5.83. The lowest BCUT2D eigenvalue weighted by Crippen LogP contribution is -2.23. The first-order chi connectivity index (χ1) is 10.5. The summed E-state index contributed by atoms with van der Waals surface area (Å²) in [5.41, 5.74) is 0. The van der Waals surface area contributed by atoms with E-state index >= 15 is 0 Å². The maximum absolute atomic E-state index is 11.1. The van der Waals surface area contributed by atoms with Gasteiger partial charge < -0.3 is 29.2 Å². The molecule has 0 saturated carbocycles. The first kappa shape index (κ1) is 20.8. The average Bonchev–Trinajstić information content (AvgIpc) is 2.71. The minimum Gasteiger partial charge on any atom is -0.479 e. The number of hydrogen-bond acceptors (Lipinski definition) is 9. The van der Waals surface area contributed by atoms with E-state index in [1.54, 1.807) is 13.8 Å². The van der Waals surface area contributed by atoms with Crippen LogP contribution in [0.4, 0.5) is 0 Å². The topological polar surface area (TPSA) is 146 Å². The Kier molecular flexibility index (Phi) is 8.19. The van der Waals surface area contributed by atoms with Crippen LogP contribution in [0.2, 0.25) is 0 Å². The van der Waals surface area contributed by atoms with Crippen LogP contribution in [0, 0.1) is 0 Å². The molecule has 0 radical (unpaired) electrons. The van der Waals surface area contributed by atoms with Crippen LogP contribution in [-0.2, 0) is 38.1 Å². The fourth-order valence-electron chi connectivity index (χ4n) is 1.41. The van der Waals surface area contributed by atoms with Crippen molar-refractivity contribution in [2.45, 2.75) is 44.7 Å². The zero-order valence-electron chi connectivity index (χ0n) is 13.2. The molecule has 2 N–H and O–H groups in total. The first-order valence-electron chi connectivity index (χ1n) is 6.47. The number of carboxylic acids is 1. The maximum Gasteiger partial charge on any atom is 0.338 e. The second kappa shape index (κ2) is 9.06. The third-order valence-electron chi connectivity index (χ3n) is 2.49. The highest BCUT2D eigenvalue weighted by Gasteiger charge is 2.42. The molecule has 0 amide bonds. The van der Waals surface area contributed by atoms with Gasteiger partial charge in [-0.05, 0) is 0 Å². The van der Waals surface area contributed by atoms with Gasteiger partial charge in [-0.2, -0.15) is 0 Å². The lowest BCUT2D eigenvalue weighted by molar-refractivity contribution is -0.161. The molecule has 0 spiro atoms. The summed E-state index contributed by atoms with van der Waals surface area (Å²) in [6, 6.07) is 0. The molecule has 1 aliphatic heterocycles. The van der Waals surface area contributed by atoms with E-state index in [0.29, 0.717) is 0 Å². The van der Waals surface area contributed by atoms with E-state index in [1.165, 1.54) is 7.11 Å². The Bertz CT molecular complexity index is 456. The van der Waals surface area contributed by atoms with Gasteiger partial charge in [-0.25, -0.2) is 9.59 Å². The lowest BCUT2D eigenvalue weighted by atomic mass is 10.2. The van der Waals surface area contributed by atoms with Crippen LogP contribution < -0.4 is 0 Å². The smallest absolute Gasteiger partial charge is 0.338 e. The van der Waals surface area contributed by atoms with Crippen LogP contribution in [0.15, 0.2) is 0 Å². The van der Waals surface area contributed by atoms with E-state index in [-0.39, 0.29) is 6.42 Å². The molecule has 0 bridgehead atoms. The molecular weight excluding hydrogens is 316 g/mol. The SMILES string of the molecule is COC(=O)C[C@@H](O)C(=O)O.COC(=O)C[C@H]1OC(C)(C)OC1=O. The van der Waals surface area contributed by atoms with Crippen LogP contribution in [0.3, 0.4) is 0 Å². The Morgan fingerprint density at radius 1 is 1.22 bits per heavy atom. The molecule has 10 nitrogen and oxygen atoms in total. The molecule has 2 atom stereocenters. The number of methoxy groups -OCH3 is 2. The van der Waals surface area contributed by atoms with Gasteiger partial charge in [-0.15, -0.1) is 0 Å². The summed E-state index contributed by atoms with van der Waals surface area (Å²) < 4.78 is 18.5. The summed E-state index contributed by atoms with van der Waals surface area (Å²) >= 11 is 0. The number of ether oxygens (including phenoxy) is 4. The van der Waals surface area contributed by atoms with E-state index in [2.05, 4.69) is 9.47 Å². The van der Waals surface area contributed by atoms with E-state index in [9.17, 15) is 19.2 Å². The van der Waals surface area contributed by atoms with Crippen LogP contribution in [-0.4, -0.2) is 66.3 Å². The van der Waals surface area contributed by atoms with Crippen molar-refractivity contribution in [3.8, 4) is 0 Å². The molecule has 10 heteroatoms. The fourth-order valence-corrected chi connectivity index (χ4v) is 1.41. The van der Waals surface area contributed by atoms with Crippen LogP contribution in [0.5, 0.6) is 0 Å². The van der Waals surface area contributed by atoms with Crippen molar-refractivity contribution in [2.24, 2.45) is 0 Å². The van der Waals surface area contributed by atoms with E-state index in [4.69, 9.17) is 19.7 Å². The molecular formula is C13H20O10. The van der Waals surface area contributed by atoms with Gasteiger partial charge in [0.05, 0.1) is 27.1 Å². The minimum atomic E-state index is -1.66. The van der Waals surface area contributed by atoms with E-state index < -0.39 is 48.3 Å². The van der Waals surface area contributed by atoms with Gasteiger partial charge in [-0.1, -0.05) is 0 Å². The third kappa shape index (κ3) is 8.12. The van der Waals surface area contributed by atoms with Gasteiger partial charge in [0.2, 0.25) is 5.79 Å². The molecule has 1 fully saturated rings. The van der Waals surface area contributed by atoms with Gasteiger partial charge in [-0.3, -0.25) is 9.59 Å². The van der Waals surface area contributed by atoms with Crippen molar-refractivity contribution in [3.05, 3.63) is 0 Å². The quantitative estimate of drug-likeness (QED) is 0.484. The molecule has 0 aromatic heterocycles. The molecule has 1 rings (SSSR count). The summed E-state index contributed by atoms with van der Waals surface area (Å²) in [6.45, 7) is 3.23. The van der Waals surface area contributed by atoms with Crippen LogP contribution in [0.1, 0.15) is 26.7 Å². The van der Waals surface area contributed by atoms with Crippen molar-refractivity contribution >= 4 is 23.9 Å². The summed E-state index contributed by atoms with van der Waals surface area (Å²) in [5, 5.41) is 16.6. The summed E-state index contributed by atoms with van der Waals surface area (Å²) in [7, 11) is 2.38. The largest absolute Gasteiger partial charge is 0.479 e. The highest BCUT2D eigenvalue weighted by Crippen LogP contribution is 2.25. The van der Waals surface area contributed by atoms with E-state index in [1.807, 2.05) is 0 Å². The van der Waals surface area contributed by atoms with Crippen LogP contribution >= 0.6 is 0 Å². The van der Waals surface area contributed by atoms with Crippen LogP contribution in [0.25, 0.3) is 0 Å². The first-order valence-corrected chi connectivity index (χ1v) is 6.47. The molecule has 0 aromatic rings. The zero-order chi connectivity index (χ0) is 18.2. The normalized spacial score (nSPS) is 19.7. The Labute approximate surface area is 132 Å². The van der Waals surface area contributed by atoms with Crippen molar-refractivity contribution in [1.82, 2.24) is 0 Å². The Morgan fingerprint density at radius 2 is 1.74 bits per heavy atom. The van der Waals surface area contributed by atoms with Crippen molar-refractivity contribution < 1.29 is 48.3 Å². The number of aliphatic hydroxyl groups is 1. The molecule has 1 aliphatic rings. The number of esters is 3. The number of carbonyl (C=O) groups excluding carboxylic acids is 3. The predicted octanol–water partition coefficient (Wildman–Crippen LogP) is -0.777. The number of carboxylic acid groups (broad SMARTS) is 1. The number of rotatable bonds is 5. The molecule has 132 valence electrons. The number of cyclic esters (lactones) is 1. The number of aliphatic hydroxyl groups excluding tert-OH is 1. The van der Waals surface area contributed by atoms with Gasteiger partial charge in [0.1, 0.15) is 0 Å². The summed E-state index contributed by atoms with van der Waals surface area (Å²) in [4.78, 5) is 42.1. The molecule has 0 unspecified atom stereocenters. The Hall–Kier alpha value is -2.20. The van der Waals surface area contributed by atoms with Crippen molar-refractivity contribution in [2.75, 3.05) is 14.2 Å². The highest BCUT2D eigenvalue weighted by atomic mass is 16.8. The van der Waals surface area contributed by atoms with E-state index in [0.717, 1.165) is 7.11 Å². The maximum atomic E-state index is 11.1. The minimum absolute atomic E-state index is 0.0984. The zero-order valence-corrected chi connectivity index (χ0v) is 13.2. The molecule has 23 heavy (non-hydrogen) atoms. The van der Waals surface area contributed by atoms with Crippen molar-refractivity contribution in [1.29, 1.82) is 0 Å². The Balaban J connectivity index is 0.000000438. The molecule has 0 aromatic carbocycles. The van der Waals surface area contributed by atoms with Crippen molar-refractivity contribution in [3.63, 3.8) is 0 Å². The second-order valence-corrected chi connectivity index (χ2v) is 4.84. The predicted molar refractivity (Wildman–Crippen MR) is 72.0 cm³/mol. The number of hydrogen-bond donors (Lipinski definition) is 2. The molecule has 1 saturated heterocycles. The average molecular weight is 336 g/mol. The number of carbonyl (C=O) groups is 4. The number of aliphatic carboxylic acids is 1. The lowest BCUT2D eigenvalue weighted by Gasteiger charge is -2.14. The fraction of sp³-hybridized carbons (Fsp3) is 0.692. The van der Waals surface area contributed by atoms with Gasteiger partial charge in [0.25, 0.3) is 0 Å². The third-order valence-corrected chi connectivity index (χ3v) is 2.49. The monoisotopic (exact) mass is 336 g/mol. The standard InChI is InChI=1S/C8H12O5.C5H8O5/c1-8(2)12-5(7(10)13-8)4-6(9)11-3;1-10-4(7)2-3(6)5(8)9/h5H,4H2,1-3H3;3,6H,2H2,1H3,(H,8,9)/t5-;3-/m11/s1.